The zero-order valence-electron chi connectivity index (χ0n) is 18.2. The van der Waals surface area contributed by atoms with E-state index in [0.717, 1.165) is 64.4 Å². The number of halogens is 3. The van der Waals surface area contributed by atoms with E-state index < -0.39 is 0 Å². The summed E-state index contributed by atoms with van der Waals surface area (Å²) in [5.41, 5.74) is 5.94. The van der Waals surface area contributed by atoms with E-state index in [1.54, 1.807) is 12.1 Å². The van der Waals surface area contributed by atoms with E-state index in [4.69, 9.17) is 22.3 Å². The van der Waals surface area contributed by atoms with Gasteiger partial charge in [-0.25, -0.2) is 4.39 Å². The zero-order valence-corrected chi connectivity index (χ0v) is 21.2. The molecule has 2 heterocycles. The summed E-state index contributed by atoms with van der Waals surface area (Å²) in [7, 11) is 0. The van der Waals surface area contributed by atoms with Crippen molar-refractivity contribution in [1.82, 2.24) is 15.1 Å². The van der Waals surface area contributed by atoms with Gasteiger partial charge in [-0.1, -0.05) is 17.7 Å². The van der Waals surface area contributed by atoms with Gasteiger partial charge in [-0.3, -0.25) is 14.7 Å². The lowest BCUT2D eigenvalue weighted by atomic mass is 9.95. The molecule has 2 saturated heterocycles. The van der Waals surface area contributed by atoms with Crippen LogP contribution in [0.25, 0.3) is 0 Å². The first-order valence-electron chi connectivity index (χ1n) is 11.0. The number of primary amides is 1. The fourth-order valence-corrected chi connectivity index (χ4v) is 4.87. The Hall–Kier alpha value is -1.13. The number of aliphatic imine (C=N–C) groups is 1. The zero-order chi connectivity index (χ0) is 21.5. The standard InChI is InChI=1S/C22H33ClFN5O.HI/c1-2-26-22(29-12-6-7-16(15-29)13-20(25)30)27-14-19(28-10-3-4-11-28)21-17(23)8-5-9-18(21)24;/h5,8-9,16,19H,2-4,6-7,10-15H2,1H3,(H2,25,30)(H,26,27);1H. The fraction of sp³-hybridized carbons (Fsp3) is 0.636. The van der Waals surface area contributed by atoms with Gasteiger partial charge < -0.3 is 16.0 Å². The largest absolute Gasteiger partial charge is 0.370 e. The number of hydrogen-bond donors (Lipinski definition) is 2. The van der Waals surface area contributed by atoms with Gasteiger partial charge in [-0.15, -0.1) is 24.0 Å². The number of benzene rings is 1. The maximum Gasteiger partial charge on any atom is 0.217 e. The second-order valence-electron chi connectivity index (χ2n) is 8.21. The SMILES string of the molecule is CCNC(=NCC(c1c(F)cccc1Cl)N1CCCC1)N1CCCC(CC(N)=O)C1.I. The van der Waals surface area contributed by atoms with E-state index >= 15 is 0 Å². The van der Waals surface area contributed by atoms with Gasteiger partial charge in [-0.2, -0.15) is 0 Å². The average Bonchev–Trinajstić information content (AvgIpc) is 3.23. The number of guanidine groups is 1. The molecule has 1 amide bonds. The molecule has 3 rings (SSSR count). The summed E-state index contributed by atoms with van der Waals surface area (Å²) >= 11 is 6.41. The van der Waals surface area contributed by atoms with Crippen LogP contribution in [0.3, 0.4) is 0 Å². The molecule has 1 aromatic carbocycles. The molecule has 2 aliphatic heterocycles. The number of carbonyl (C=O) groups is 1. The normalized spacial score (nSPS) is 20.9. The summed E-state index contributed by atoms with van der Waals surface area (Å²) in [6.07, 6.45) is 4.61. The van der Waals surface area contributed by atoms with E-state index in [1.807, 2.05) is 6.92 Å². The van der Waals surface area contributed by atoms with Crippen molar-refractivity contribution >= 4 is 47.4 Å². The van der Waals surface area contributed by atoms with Crippen LogP contribution in [-0.4, -0.2) is 60.9 Å². The number of nitrogens with two attached hydrogens (primary N) is 1. The summed E-state index contributed by atoms with van der Waals surface area (Å²) in [4.78, 5) is 20.7. The Labute approximate surface area is 206 Å². The predicted molar refractivity (Wildman–Crippen MR) is 134 cm³/mol. The Morgan fingerprint density at radius 2 is 2.06 bits per heavy atom. The lowest BCUT2D eigenvalue weighted by molar-refractivity contribution is -0.119. The van der Waals surface area contributed by atoms with Gasteiger partial charge in [0.15, 0.2) is 5.96 Å². The maximum absolute atomic E-state index is 14.7. The van der Waals surface area contributed by atoms with E-state index in [9.17, 15) is 9.18 Å². The minimum Gasteiger partial charge on any atom is -0.370 e. The highest BCUT2D eigenvalue weighted by atomic mass is 127. The lowest BCUT2D eigenvalue weighted by Crippen LogP contribution is -2.47. The van der Waals surface area contributed by atoms with Crippen molar-refractivity contribution < 1.29 is 9.18 Å². The van der Waals surface area contributed by atoms with E-state index in [1.165, 1.54) is 6.07 Å². The molecule has 1 aromatic rings. The average molecular weight is 566 g/mol. The molecule has 2 unspecified atom stereocenters. The topological polar surface area (TPSA) is 74.0 Å². The van der Waals surface area contributed by atoms with Gasteiger partial charge in [0.05, 0.1) is 12.6 Å². The minimum atomic E-state index is -0.279. The number of likely N-dealkylation sites (tertiary alicyclic amines) is 2. The third-order valence-electron chi connectivity index (χ3n) is 5.97. The molecule has 6 nitrogen and oxygen atoms in total. The molecule has 0 radical (unpaired) electrons. The molecule has 0 saturated carbocycles. The molecule has 0 bridgehead atoms. The Kier molecular flexibility index (Phi) is 10.8. The quantitative estimate of drug-likeness (QED) is 0.300. The molecular formula is C22H34ClFIN5O. The van der Waals surface area contributed by atoms with Crippen LogP contribution in [-0.2, 0) is 4.79 Å². The first-order chi connectivity index (χ1) is 14.5. The summed E-state index contributed by atoms with van der Waals surface area (Å²) in [5, 5.41) is 3.82. The second kappa shape index (κ2) is 12.8. The molecule has 2 fully saturated rings. The monoisotopic (exact) mass is 565 g/mol. The van der Waals surface area contributed by atoms with Gasteiger partial charge in [0.2, 0.25) is 5.91 Å². The van der Waals surface area contributed by atoms with Crippen molar-refractivity contribution in [3.05, 3.63) is 34.6 Å². The Morgan fingerprint density at radius 1 is 1.32 bits per heavy atom. The first kappa shape index (κ1) is 26.1. The van der Waals surface area contributed by atoms with Crippen LogP contribution in [0.5, 0.6) is 0 Å². The van der Waals surface area contributed by atoms with Crippen LogP contribution < -0.4 is 11.1 Å². The summed E-state index contributed by atoms with van der Waals surface area (Å²) in [6.45, 7) is 6.69. The van der Waals surface area contributed by atoms with Crippen molar-refractivity contribution in [2.24, 2.45) is 16.6 Å². The van der Waals surface area contributed by atoms with Crippen molar-refractivity contribution in [3.63, 3.8) is 0 Å². The van der Waals surface area contributed by atoms with Crippen molar-refractivity contribution in [1.29, 1.82) is 0 Å². The van der Waals surface area contributed by atoms with Crippen LogP contribution in [0.2, 0.25) is 5.02 Å². The highest BCUT2D eigenvalue weighted by Gasteiger charge is 2.29. The molecule has 3 N–H and O–H groups in total. The van der Waals surface area contributed by atoms with Gasteiger partial charge in [0.1, 0.15) is 5.82 Å². The van der Waals surface area contributed by atoms with Crippen LogP contribution in [0, 0.1) is 11.7 Å². The van der Waals surface area contributed by atoms with Crippen molar-refractivity contribution in [3.8, 4) is 0 Å². The number of rotatable bonds is 7. The van der Waals surface area contributed by atoms with Gasteiger partial charge in [0, 0.05) is 36.6 Å². The second-order valence-corrected chi connectivity index (χ2v) is 8.62. The predicted octanol–water partition coefficient (Wildman–Crippen LogP) is 3.79. The summed E-state index contributed by atoms with van der Waals surface area (Å²) < 4.78 is 14.7. The maximum atomic E-state index is 14.7. The molecule has 0 spiro atoms. The van der Waals surface area contributed by atoms with Gasteiger partial charge >= 0.3 is 0 Å². The Bertz CT molecular complexity index is 739. The van der Waals surface area contributed by atoms with E-state index in [0.29, 0.717) is 23.6 Å². The number of carbonyl (C=O) groups excluding carboxylic acids is 1. The van der Waals surface area contributed by atoms with E-state index in [2.05, 4.69) is 15.1 Å². The molecule has 174 valence electrons. The van der Waals surface area contributed by atoms with Crippen molar-refractivity contribution in [2.45, 2.75) is 45.1 Å². The number of amides is 1. The summed E-state index contributed by atoms with van der Waals surface area (Å²) in [6, 6.07) is 4.67. The van der Waals surface area contributed by atoms with Crippen LogP contribution in [0.15, 0.2) is 23.2 Å². The van der Waals surface area contributed by atoms with Crippen molar-refractivity contribution in [2.75, 3.05) is 39.3 Å². The summed E-state index contributed by atoms with van der Waals surface area (Å²) in [5.74, 6) is 0.519. The number of nitrogens with one attached hydrogen (secondary N) is 1. The van der Waals surface area contributed by atoms with Crippen LogP contribution in [0.1, 0.15) is 50.6 Å². The first-order valence-corrected chi connectivity index (χ1v) is 11.4. The fourth-order valence-electron chi connectivity index (χ4n) is 4.58. The number of piperidine rings is 1. The molecule has 9 heteroatoms. The number of nitrogens with zero attached hydrogens (tertiary/aromatic N) is 3. The van der Waals surface area contributed by atoms with E-state index in [-0.39, 0.29) is 47.7 Å². The Morgan fingerprint density at radius 3 is 2.71 bits per heavy atom. The molecule has 0 aromatic heterocycles. The minimum absolute atomic E-state index is 0. The molecule has 2 aliphatic rings. The molecular weight excluding hydrogens is 532 g/mol. The molecule has 31 heavy (non-hydrogen) atoms. The number of hydrogen-bond acceptors (Lipinski definition) is 3. The third kappa shape index (κ3) is 7.18. The Balaban J connectivity index is 0.00000341. The van der Waals surface area contributed by atoms with Gasteiger partial charge in [-0.05, 0) is 63.7 Å². The lowest BCUT2D eigenvalue weighted by Gasteiger charge is -2.35. The third-order valence-corrected chi connectivity index (χ3v) is 6.30. The van der Waals surface area contributed by atoms with Crippen LogP contribution >= 0.6 is 35.6 Å². The van der Waals surface area contributed by atoms with Crippen LogP contribution in [0.4, 0.5) is 4.39 Å². The smallest absolute Gasteiger partial charge is 0.217 e. The molecule has 2 atom stereocenters. The highest BCUT2D eigenvalue weighted by molar-refractivity contribution is 14.0. The highest BCUT2D eigenvalue weighted by Crippen LogP contribution is 2.32. The molecule has 0 aliphatic carbocycles. The van der Waals surface area contributed by atoms with Gasteiger partial charge in [0.25, 0.3) is 0 Å².